The van der Waals surface area contributed by atoms with Crippen molar-refractivity contribution in [3.63, 3.8) is 0 Å². The Hall–Kier alpha value is -0.960. The van der Waals surface area contributed by atoms with Gasteiger partial charge in [-0.1, -0.05) is 0 Å². The van der Waals surface area contributed by atoms with E-state index in [-0.39, 0.29) is 0 Å². The number of hydrogen-bond acceptors (Lipinski definition) is 24. The van der Waals surface area contributed by atoms with E-state index in [0.29, 0.717) is 0 Å². The fraction of sp³-hybridized carbons (Fsp3) is 1.00. The zero-order valence-electron chi connectivity index (χ0n) is 27.2. The van der Waals surface area contributed by atoms with Gasteiger partial charge in [0.15, 0.2) is 31.5 Å². The van der Waals surface area contributed by atoms with Gasteiger partial charge in [-0.05, 0) is 0 Å². The molecule has 5 fully saturated rings. The molecule has 0 aromatic carbocycles. The van der Waals surface area contributed by atoms with Gasteiger partial charge < -0.3 is 119 Å². The van der Waals surface area contributed by atoms with Crippen LogP contribution < -0.4 is 0 Å². The third-order valence-corrected chi connectivity index (χ3v) is 9.54. The van der Waals surface area contributed by atoms with Gasteiger partial charge in [0.25, 0.3) is 0 Å². The fourth-order valence-electron chi connectivity index (χ4n) is 6.42. The maximum absolute atomic E-state index is 11.7. The molecule has 0 aromatic heterocycles. The van der Waals surface area contributed by atoms with Crippen molar-refractivity contribution in [2.45, 2.75) is 141 Å². The first-order valence-electron chi connectivity index (χ1n) is 16.4. The second-order valence-electron chi connectivity index (χ2n) is 13.1. The van der Waals surface area contributed by atoms with E-state index in [1.165, 1.54) is 0 Å². The third kappa shape index (κ3) is 8.55. The van der Waals surface area contributed by atoms with Crippen molar-refractivity contribution in [3.8, 4) is 0 Å². The van der Waals surface area contributed by atoms with Gasteiger partial charge >= 0.3 is 0 Å². The van der Waals surface area contributed by atoms with E-state index in [1.54, 1.807) is 0 Å². The number of aliphatic hydroxyl groups is 15. The molecule has 0 radical (unpaired) electrons. The maximum Gasteiger partial charge on any atom is 0.187 e. The van der Waals surface area contributed by atoms with Crippen LogP contribution in [0.3, 0.4) is 0 Å². The van der Waals surface area contributed by atoms with Crippen LogP contribution in [-0.2, 0) is 42.6 Å². The van der Waals surface area contributed by atoms with E-state index >= 15 is 0 Å². The molecule has 0 amide bonds. The molecule has 23 atom stereocenters. The number of rotatable bonds is 11. The van der Waals surface area contributed by atoms with E-state index in [1.807, 2.05) is 0 Å². The van der Waals surface area contributed by atoms with Gasteiger partial charge in [-0.3, -0.25) is 0 Å². The first-order valence-corrected chi connectivity index (χ1v) is 16.4. The van der Waals surface area contributed by atoms with Crippen LogP contribution in [0.15, 0.2) is 0 Å². The minimum Gasteiger partial charge on any atom is -0.394 e. The molecule has 15 N–H and O–H groups in total. The lowest BCUT2D eigenvalue weighted by atomic mass is 9.95. The predicted octanol–water partition coefficient (Wildman–Crippen LogP) is -10.6. The summed E-state index contributed by atoms with van der Waals surface area (Å²) in [6, 6.07) is 0. The molecule has 5 saturated heterocycles. The van der Waals surface area contributed by atoms with Gasteiger partial charge in [-0.2, -0.15) is 0 Å². The zero-order chi connectivity index (χ0) is 38.2. The largest absolute Gasteiger partial charge is 0.394 e. The molecule has 24 nitrogen and oxygen atoms in total. The molecule has 304 valence electrons. The molecule has 0 spiro atoms. The summed E-state index contributed by atoms with van der Waals surface area (Å²) in [5.41, 5.74) is 0. The van der Waals surface area contributed by atoms with Gasteiger partial charge in [0, 0.05) is 0 Å². The molecule has 5 rings (SSSR count). The van der Waals surface area contributed by atoms with Crippen molar-refractivity contribution in [1.82, 2.24) is 0 Å². The first kappa shape index (κ1) is 42.2. The van der Waals surface area contributed by atoms with Crippen LogP contribution >= 0.6 is 0 Å². The maximum atomic E-state index is 11.7. The zero-order valence-corrected chi connectivity index (χ0v) is 27.2. The molecule has 5 heterocycles. The standard InChI is InChI=1S/C28H48O24/c29-1-8-13(36)15(38)22(51-26-17(40)12(35)7(33)5-45-26)27(47-8)52-23-18(41)20(49-25-16(39)11(34)6(32)4-44-25)10(3-31)48-28(23)50-21-14(37)9(2-30)46-24(43)19(21)42/h6-43H,1-5H2/t6-,7-,8-,9-,10-,11+,12+,13+,14-,15+,16-,17-,18+,19-,20-,21+,22-,23-,24?,25+,26+,27+,28+/m1/s1. The van der Waals surface area contributed by atoms with E-state index < -0.39 is 174 Å². The second-order valence-corrected chi connectivity index (χ2v) is 13.1. The molecule has 0 aromatic rings. The Kier molecular flexibility index (Phi) is 14.5. The van der Waals surface area contributed by atoms with Crippen LogP contribution in [0.4, 0.5) is 0 Å². The van der Waals surface area contributed by atoms with Gasteiger partial charge in [-0.25, -0.2) is 0 Å². The molecule has 5 aliphatic heterocycles. The highest BCUT2D eigenvalue weighted by molar-refractivity contribution is 4.98. The topological polar surface area (TPSA) is 387 Å². The summed E-state index contributed by atoms with van der Waals surface area (Å²) >= 11 is 0. The first-order chi connectivity index (χ1) is 24.6. The summed E-state index contributed by atoms with van der Waals surface area (Å²) in [4.78, 5) is 0. The third-order valence-electron chi connectivity index (χ3n) is 9.54. The molecule has 52 heavy (non-hydrogen) atoms. The van der Waals surface area contributed by atoms with E-state index in [4.69, 9.17) is 42.6 Å². The molecule has 5 aliphatic rings. The number of hydrogen-bond donors (Lipinski definition) is 15. The fourth-order valence-corrected chi connectivity index (χ4v) is 6.42. The molecule has 0 aliphatic carbocycles. The van der Waals surface area contributed by atoms with Gasteiger partial charge in [-0.15, -0.1) is 0 Å². The summed E-state index contributed by atoms with van der Waals surface area (Å²) in [6.45, 7) is -3.83. The summed E-state index contributed by atoms with van der Waals surface area (Å²) in [6.07, 6.45) is -42.2. The lowest BCUT2D eigenvalue weighted by Gasteiger charge is -2.50. The number of ether oxygens (including phenoxy) is 9. The Balaban J connectivity index is 1.47. The van der Waals surface area contributed by atoms with Crippen molar-refractivity contribution in [2.24, 2.45) is 0 Å². The molecular weight excluding hydrogens is 720 g/mol. The predicted molar refractivity (Wildman–Crippen MR) is 155 cm³/mol. The van der Waals surface area contributed by atoms with E-state index in [2.05, 4.69) is 0 Å². The van der Waals surface area contributed by atoms with Crippen LogP contribution in [0, 0.1) is 0 Å². The van der Waals surface area contributed by atoms with Crippen LogP contribution in [0.25, 0.3) is 0 Å². The van der Waals surface area contributed by atoms with Gasteiger partial charge in [0.2, 0.25) is 0 Å². The van der Waals surface area contributed by atoms with Gasteiger partial charge in [0.1, 0.15) is 110 Å². The summed E-state index contributed by atoms with van der Waals surface area (Å²) < 4.78 is 50.0. The van der Waals surface area contributed by atoms with Crippen molar-refractivity contribution in [3.05, 3.63) is 0 Å². The van der Waals surface area contributed by atoms with Crippen LogP contribution in [0.5, 0.6) is 0 Å². The van der Waals surface area contributed by atoms with E-state index in [9.17, 15) is 76.6 Å². The normalized spacial score (nSPS) is 53.5. The lowest BCUT2D eigenvalue weighted by Crippen LogP contribution is -2.68. The highest BCUT2D eigenvalue weighted by Gasteiger charge is 2.56. The Labute approximate surface area is 293 Å². The van der Waals surface area contributed by atoms with Crippen LogP contribution in [0.2, 0.25) is 0 Å². The average molecular weight is 769 g/mol. The Bertz CT molecular complexity index is 1110. The summed E-state index contributed by atoms with van der Waals surface area (Å²) in [5, 5.41) is 156. The monoisotopic (exact) mass is 768 g/mol. The second kappa shape index (κ2) is 17.9. The molecule has 0 bridgehead atoms. The van der Waals surface area contributed by atoms with Crippen LogP contribution in [-0.4, -0.2) is 251 Å². The highest BCUT2D eigenvalue weighted by Crippen LogP contribution is 2.36. The smallest absolute Gasteiger partial charge is 0.187 e. The summed E-state index contributed by atoms with van der Waals surface area (Å²) in [7, 11) is 0. The average Bonchev–Trinajstić information content (AvgIpc) is 3.13. The Morgan fingerprint density at radius 1 is 0.365 bits per heavy atom. The van der Waals surface area contributed by atoms with Crippen molar-refractivity contribution in [2.75, 3.05) is 33.0 Å². The molecule has 0 saturated carbocycles. The molecule has 24 heteroatoms. The highest BCUT2D eigenvalue weighted by atomic mass is 16.8. The van der Waals surface area contributed by atoms with Crippen molar-refractivity contribution >= 4 is 0 Å². The SMILES string of the molecule is OC[C@H]1O[C@@H](O[C@H]2[C@H](O[C@H]3[C@H](O)[C@@H](CO)OC(O)[C@@H]3O)O[C@H](CO)[C@@H](O[C@@H]3OC[C@@H](O)[C@H](O)[C@H]3O)[C@@H]2O)[C@H](O[C@@H]2OC[C@@H](O)[C@H](O)[C@H]2O)[C@@H](O)[C@H]1O. The minimum absolute atomic E-state index is 0.533. The van der Waals surface area contributed by atoms with E-state index in [0.717, 1.165) is 0 Å². The van der Waals surface area contributed by atoms with Gasteiger partial charge in [0.05, 0.1) is 33.0 Å². The molecular formula is C28H48O24. The molecule has 1 unspecified atom stereocenters. The van der Waals surface area contributed by atoms with Crippen molar-refractivity contribution in [1.29, 1.82) is 0 Å². The Morgan fingerprint density at radius 2 is 0.788 bits per heavy atom. The minimum atomic E-state index is -2.10. The Morgan fingerprint density at radius 3 is 1.31 bits per heavy atom. The number of aliphatic hydroxyl groups excluding tert-OH is 15. The summed E-state index contributed by atoms with van der Waals surface area (Å²) in [5.74, 6) is 0. The van der Waals surface area contributed by atoms with Crippen molar-refractivity contribution < 1.29 is 119 Å². The lowest BCUT2D eigenvalue weighted by molar-refractivity contribution is -0.408. The van der Waals surface area contributed by atoms with Crippen LogP contribution in [0.1, 0.15) is 0 Å². The quantitative estimate of drug-likeness (QED) is 0.0927.